The number of hydrogen-bond donors (Lipinski definition) is 1. The van der Waals surface area contributed by atoms with E-state index in [4.69, 9.17) is 22.6 Å². The number of nitriles is 1. The number of thioether (sulfide) groups is 1. The van der Waals surface area contributed by atoms with Crippen LogP contribution in [0.15, 0.2) is 36.0 Å². The van der Waals surface area contributed by atoms with Gasteiger partial charge in [-0.3, -0.25) is 4.68 Å². The summed E-state index contributed by atoms with van der Waals surface area (Å²) in [6.45, 7) is 4.77. The zero-order valence-corrected chi connectivity index (χ0v) is 15.1. The molecule has 2 atom stereocenters. The van der Waals surface area contributed by atoms with Crippen molar-refractivity contribution < 1.29 is 0 Å². The normalized spacial score (nSPS) is 18.0. The summed E-state index contributed by atoms with van der Waals surface area (Å²) in [4.78, 5) is 2.12. The zero-order chi connectivity index (χ0) is 17.3. The third-order valence-electron chi connectivity index (χ3n) is 4.13. The van der Waals surface area contributed by atoms with E-state index in [2.05, 4.69) is 23.0 Å². The van der Waals surface area contributed by atoms with Gasteiger partial charge < -0.3 is 10.6 Å². The number of aromatic nitrogens is 2. The third-order valence-corrected chi connectivity index (χ3v) is 5.42. The predicted molar refractivity (Wildman–Crippen MR) is 98.1 cm³/mol. The number of nitrogens with two attached hydrogens (primary N) is 1. The van der Waals surface area contributed by atoms with Crippen molar-refractivity contribution in [3.05, 3.63) is 52.2 Å². The molecule has 0 saturated heterocycles. The summed E-state index contributed by atoms with van der Waals surface area (Å²) in [6.07, 6.45) is 3.98. The fraction of sp³-hybridized carbons (Fsp3) is 0.294. The van der Waals surface area contributed by atoms with Gasteiger partial charge in [0.15, 0.2) is 0 Å². The van der Waals surface area contributed by atoms with E-state index in [0.29, 0.717) is 10.6 Å². The van der Waals surface area contributed by atoms with Crippen LogP contribution >= 0.6 is 23.4 Å². The van der Waals surface area contributed by atoms with Crippen LogP contribution in [0.4, 0.5) is 0 Å². The van der Waals surface area contributed by atoms with Crippen molar-refractivity contribution >= 4 is 23.4 Å². The molecule has 0 fully saturated rings. The molecule has 5 nitrogen and oxygen atoms in total. The van der Waals surface area contributed by atoms with Gasteiger partial charge in [0.25, 0.3) is 0 Å². The molecule has 0 amide bonds. The number of benzene rings is 1. The number of halogens is 1. The molecular weight excluding hydrogens is 342 g/mol. The van der Waals surface area contributed by atoms with Gasteiger partial charge in [-0.05, 0) is 37.0 Å². The molecule has 1 aromatic heterocycles. The summed E-state index contributed by atoms with van der Waals surface area (Å²) in [5, 5.41) is 16.2. The van der Waals surface area contributed by atoms with E-state index >= 15 is 0 Å². The zero-order valence-electron chi connectivity index (χ0n) is 13.5. The van der Waals surface area contributed by atoms with Crippen LogP contribution in [0, 0.1) is 18.3 Å². The first-order chi connectivity index (χ1) is 11.5. The Kier molecular flexibility index (Phi) is 4.86. The minimum Gasteiger partial charge on any atom is -0.348 e. The second-order valence-electron chi connectivity index (χ2n) is 5.74. The molecule has 0 bridgehead atoms. The predicted octanol–water partition coefficient (Wildman–Crippen LogP) is 3.53. The molecule has 7 heteroatoms. The second-order valence-corrected chi connectivity index (χ2v) is 7.15. The standard InChI is InChI=1S/C17H18ClN5S/c1-11(23-7-8-24-17(23)20)10-22-6-5-15(21-22)14-4-3-13(9-19)16(18)12(14)2/h3-8,11,17H,10,20H2,1-2H3/t11?,17-/m0/s1. The van der Waals surface area contributed by atoms with Gasteiger partial charge in [-0.1, -0.05) is 29.4 Å². The lowest BCUT2D eigenvalue weighted by atomic mass is 10.0. The minimum atomic E-state index is -0.0328. The average Bonchev–Trinajstić information content (AvgIpc) is 3.19. The number of nitrogens with zero attached hydrogens (tertiary/aromatic N) is 4. The monoisotopic (exact) mass is 359 g/mol. The quantitative estimate of drug-likeness (QED) is 0.904. The third kappa shape index (κ3) is 3.16. The molecular formula is C17H18ClN5S. The number of hydrogen-bond acceptors (Lipinski definition) is 5. The van der Waals surface area contributed by atoms with Crippen molar-refractivity contribution in [1.29, 1.82) is 5.26 Å². The summed E-state index contributed by atoms with van der Waals surface area (Å²) in [5.41, 5.74) is 9.16. The van der Waals surface area contributed by atoms with Crippen LogP contribution in [0.1, 0.15) is 18.1 Å². The Hall–Kier alpha value is -1.94. The van der Waals surface area contributed by atoms with Gasteiger partial charge in [0.1, 0.15) is 11.6 Å². The van der Waals surface area contributed by atoms with Gasteiger partial charge in [0.2, 0.25) is 0 Å². The molecule has 1 aliphatic heterocycles. The minimum absolute atomic E-state index is 0.0328. The van der Waals surface area contributed by atoms with Crippen LogP contribution in [0.25, 0.3) is 11.3 Å². The van der Waals surface area contributed by atoms with Gasteiger partial charge in [0, 0.05) is 24.0 Å². The van der Waals surface area contributed by atoms with E-state index in [1.54, 1.807) is 17.8 Å². The van der Waals surface area contributed by atoms with Crippen molar-refractivity contribution in [2.45, 2.75) is 31.9 Å². The fourth-order valence-corrected chi connectivity index (χ4v) is 3.76. The topological polar surface area (TPSA) is 70.9 Å². The van der Waals surface area contributed by atoms with Crippen LogP contribution in [0.2, 0.25) is 5.02 Å². The van der Waals surface area contributed by atoms with Crippen LogP contribution in [0.3, 0.4) is 0 Å². The van der Waals surface area contributed by atoms with Crippen LogP contribution in [0.5, 0.6) is 0 Å². The summed E-state index contributed by atoms with van der Waals surface area (Å²) in [7, 11) is 0. The Morgan fingerprint density at radius 2 is 2.25 bits per heavy atom. The highest BCUT2D eigenvalue weighted by molar-refractivity contribution is 8.02. The van der Waals surface area contributed by atoms with Gasteiger partial charge in [-0.15, -0.1) is 0 Å². The van der Waals surface area contributed by atoms with E-state index in [1.807, 2.05) is 41.5 Å². The molecule has 1 unspecified atom stereocenters. The molecule has 2 aromatic rings. The Morgan fingerprint density at radius 3 is 2.92 bits per heavy atom. The Bertz CT molecular complexity index is 823. The molecule has 24 heavy (non-hydrogen) atoms. The maximum absolute atomic E-state index is 9.06. The van der Waals surface area contributed by atoms with E-state index in [1.165, 1.54) is 0 Å². The van der Waals surface area contributed by atoms with E-state index < -0.39 is 0 Å². The summed E-state index contributed by atoms with van der Waals surface area (Å²) < 4.78 is 1.91. The van der Waals surface area contributed by atoms with Crippen LogP contribution in [-0.2, 0) is 6.54 Å². The average molecular weight is 360 g/mol. The second kappa shape index (κ2) is 6.89. The molecule has 2 N–H and O–H groups in total. The highest BCUT2D eigenvalue weighted by Gasteiger charge is 2.21. The van der Waals surface area contributed by atoms with Crippen LogP contribution < -0.4 is 5.73 Å². The first kappa shape index (κ1) is 16.9. The first-order valence-electron chi connectivity index (χ1n) is 7.59. The molecule has 1 aromatic carbocycles. The van der Waals surface area contributed by atoms with Crippen molar-refractivity contribution in [3.8, 4) is 17.3 Å². The molecule has 0 saturated carbocycles. The van der Waals surface area contributed by atoms with E-state index in [0.717, 1.165) is 23.4 Å². The van der Waals surface area contributed by atoms with Gasteiger partial charge in [-0.25, -0.2) is 0 Å². The van der Waals surface area contributed by atoms with Crippen molar-refractivity contribution in [3.63, 3.8) is 0 Å². The van der Waals surface area contributed by atoms with E-state index in [-0.39, 0.29) is 11.5 Å². The molecule has 1 aliphatic rings. The summed E-state index contributed by atoms with van der Waals surface area (Å²) >= 11 is 7.86. The molecule has 0 aliphatic carbocycles. The fourth-order valence-electron chi connectivity index (χ4n) is 2.76. The highest BCUT2D eigenvalue weighted by Crippen LogP contribution is 2.30. The van der Waals surface area contributed by atoms with Crippen LogP contribution in [-0.4, -0.2) is 26.2 Å². The largest absolute Gasteiger partial charge is 0.348 e. The lowest BCUT2D eigenvalue weighted by Crippen LogP contribution is -2.40. The molecule has 0 radical (unpaired) electrons. The molecule has 124 valence electrons. The highest BCUT2D eigenvalue weighted by atomic mass is 35.5. The Labute approximate surface area is 150 Å². The van der Waals surface area contributed by atoms with Crippen molar-refractivity contribution in [1.82, 2.24) is 14.7 Å². The summed E-state index contributed by atoms with van der Waals surface area (Å²) in [6, 6.07) is 7.93. The first-order valence-corrected chi connectivity index (χ1v) is 8.91. The van der Waals surface area contributed by atoms with Gasteiger partial charge in [-0.2, -0.15) is 10.4 Å². The smallest absolute Gasteiger partial charge is 0.129 e. The Morgan fingerprint density at radius 1 is 1.46 bits per heavy atom. The van der Waals surface area contributed by atoms with E-state index in [9.17, 15) is 0 Å². The van der Waals surface area contributed by atoms with Gasteiger partial charge in [0.05, 0.1) is 22.8 Å². The molecule has 0 spiro atoms. The maximum Gasteiger partial charge on any atom is 0.129 e. The number of rotatable bonds is 4. The van der Waals surface area contributed by atoms with Crippen molar-refractivity contribution in [2.24, 2.45) is 5.73 Å². The summed E-state index contributed by atoms with van der Waals surface area (Å²) in [5.74, 6) is 0. The SMILES string of the molecule is Cc1c(-c2ccn(CC(C)N3C=CS[C@H]3N)n2)ccc(C#N)c1Cl. The maximum atomic E-state index is 9.06. The molecule has 3 rings (SSSR count). The van der Waals surface area contributed by atoms with Gasteiger partial charge >= 0.3 is 0 Å². The molecule has 2 heterocycles. The van der Waals surface area contributed by atoms with Crippen molar-refractivity contribution in [2.75, 3.05) is 0 Å². The Balaban J connectivity index is 1.80. The lowest BCUT2D eigenvalue weighted by molar-refractivity contribution is 0.253. The lowest BCUT2D eigenvalue weighted by Gasteiger charge is -2.28.